The second-order valence-corrected chi connectivity index (χ2v) is 9.76. The van der Waals surface area contributed by atoms with E-state index in [9.17, 15) is 5.26 Å². The van der Waals surface area contributed by atoms with Crippen molar-refractivity contribution in [3.8, 4) is 17.2 Å². The molecule has 2 N–H and O–H groups in total. The normalized spacial score (nSPS) is 34.7. The van der Waals surface area contributed by atoms with E-state index in [0.29, 0.717) is 17.6 Å². The lowest BCUT2D eigenvalue weighted by atomic mass is 9.73. The van der Waals surface area contributed by atoms with Crippen LogP contribution in [0.4, 0.5) is 0 Å². The van der Waals surface area contributed by atoms with E-state index < -0.39 is 0 Å². The van der Waals surface area contributed by atoms with Crippen molar-refractivity contribution in [2.75, 3.05) is 20.2 Å². The van der Waals surface area contributed by atoms with Crippen LogP contribution in [0.2, 0.25) is 0 Å². The third-order valence-electron chi connectivity index (χ3n) is 8.61. The molecule has 2 aromatic rings. The van der Waals surface area contributed by atoms with Crippen molar-refractivity contribution in [1.82, 2.24) is 4.90 Å². The first-order valence-electron chi connectivity index (χ1n) is 11.3. The Kier molecular flexibility index (Phi) is 3.72. The minimum absolute atomic E-state index is 0.0931. The average Bonchev–Trinajstić information content (AvgIpc) is 3.14. The zero-order chi connectivity index (χ0) is 21.4. The molecule has 1 heterocycles. The number of nitrogens with two attached hydrogens (primary N) is 1. The van der Waals surface area contributed by atoms with Crippen LogP contribution in [0, 0.1) is 22.2 Å². The van der Waals surface area contributed by atoms with E-state index in [4.69, 9.17) is 15.5 Å². The number of guanidine groups is 1. The molecule has 0 bridgehead atoms. The second kappa shape index (κ2) is 6.11. The van der Waals surface area contributed by atoms with Gasteiger partial charge in [-0.2, -0.15) is 5.26 Å². The van der Waals surface area contributed by atoms with Gasteiger partial charge in [-0.1, -0.05) is 24.3 Å². The van der Waals surface area contributed by atoms with Gasteiger partial charge in [0.15, 0.2) is 5.96 Å². The molecule has 0 aromatic heterocycles. The van der Waals surface area contributed by atoms with Crippen LogP contribution in [0.25, 0.3) is 11.1 Å². The Morgan fingerprint density at radius 1 is 1.23 bits per heavy atom. The van der Waals surface area contributed by atoms with Crippen LogP contribution in [0.15, 0.2) is 47.5 Å². The van der Waals surface area contributed by atoms with Gasteiger partial charge in [0.1, 0.15) is 5.54 Å². The maximum absolute atomic E-state index is 9.33. The van der Waals surface area contributed by atoms with Gasteiger partial charge in [-0.15, -0.1) is 0 Å². The van der Waals surface area contributed by atoms with Crippen molar-refractivity contribution in [3.05, 3.63) is 59.2 Å². The summed E-state index contributed by atoms with van der Waals surface area (Å²) in [6.07, 6.45) is 4.66. The second-order valence-electron chi connectivity index (χ2n) is 9.76. The highest BCUT2D eigenvalue weighted by Gasteiger charge is 2.91. The van der Waals surface area contributed by atoms with Gasteiger partial charge in [0.25, 0.3) is 0 Å². The molecule has 5 heteroatoms. The molecule has 0 amide bonds. The first-order chi connectivity index (χ1) is 15.0. The van der Waals surface area contributed by atoms with Crippen LogP contribution in [-0.4, -0.2) is 37.2 Å². The Labute approximate surface area is 183 Å². The van der Waals surface area contributed by atoms with Crippen LogP contribution in [0.3, 0.4) is 0 Å². The molecule has 1 aliphatic heterocycles. The quantitative estimate of drug-likeness (QED) is 0.832. The van der Waals surface area contributed by atoms with Crippen LogP contribution in [-0.2, 0) is 16.7 Å². The molecule has 4 aliphatic rings. The molecule has 158 valence electrons. The molecule has 31 heavy (non-hydrogen) atoms. The topological polar surface area (TPSA) is 74.6 Å². The van der Waals surface area contributed by atoms with Crippen molar-refractivity contribution >= 4 is 5.96 Å². The third-order valence-corrected chi connectivity index (χ3v) is 8.61. The summed E-state index contributed by atoms with van der Waals surface area (Å²) in [6.45, 7) is 3.79. The molecular weight excluding hydrogens is 384 g/mol. The van der Waals surface area contributed by atoms with Crippen LogP contribution < -0.4 is 5.73 Å². The highest BCUT2D eigenvalue weighted by atomic mass is 16.5. The summed E-state index contributed by atoms with van der Waals surface area (Å²) >= 11 is 0. The Bertz CT molecular complexity index is 1170. The SMILES string of the molecule is CCOC1CCC23Cc4ccc(-c5cccc(C#N)c5)cc4C24N=C(N)N(C)CC34C1. The summed E-state index contributed by atoms with van der Waals surface area (Å²) in [5, 5.41) is 9.33. The predicted molar refractivity (Wildman–Crippen MR) is 120 cm³/mol. The summed E-state index contributed by atoms with van der Waals surface area (Å²) < 4.78 is 6.12. The fourth-order valence-electron chi connectivity index (χ4n) is 7.45. The highest BCUT2D eigenvalue weighted by Crippen LogP contribution is 2.89. The molecule has 4 unspecified atom stereocenters. The lowest BCUT2D eigenvalue weighted by Gasteiger charge is -2.39. The lowest BCUT2D eigenvalue weighted by Crippen LogP contribution is -2.47. The first kappa shape index (κ1) is 18.9. The number of aliphatic imine (C=N–C) groups is 1. The number of rotatable bonds is 3. The summed E-state index contributed by atoms with van der Waals surface area (Å²) in [4.78, 5) is 7.41. The molecule has 4 atom stereocenters. The van der Waals surface area contributed by atoms with E-state index in [0.717, 1.165) is 50.0 Å². The number of fused-ring (bicyclic) bond motifs is 1. The Morgan fingerprint density at radius 2 is 2.06 bits per heavy atom. The maximum Gasteiger partial charge on any atom is 0.191 e. The Balaban J connectivity index is 1.51. The van der Waals surface area contributed by atoms with Gasteiger partial charge in [0.2, 0.25) is 0 Å². The van der Waals surface area contributed by atoms with Crippen LogP contribution in [0.5, 0.6) is 0 Å². The fourth-order valence-corrected chi connectivity index (χ4v) is 7.45. The fraction of sp³-hybridized carbons (Fsp3) is 0.462. The van der Waals surface area contributed by atoms with Gasteiger partial charge in [0, 0.05) is 31.0 Å². The minimum atomic E-state index is -0.235. The van der Waals surface area contributed by atoms with Gasteiger partial charge >= 0.3 is 0 Å². The summed E-state index contributed by atoms with van der Waals surface area (Å²) in [6, 6.07) is 16.9. The molecule has 5 nitrogen and oxygen atoms in total. The summed E-state index contributed by atoms with van der Waals surface area (Å²) in [5.74, 6) is 0.650. The Morgan fingerprint density at radius 3 is 2.87 bits per heavy atom. The van der Waals surface area contributed by atoms with Gasteiger partial charge < -0.3 is 15.4 Å². The number of nitrogens with zero attached hydrogens (tertiary/aromatic N) is 3. The van der Waals surface area contributed by atoms with Crippen molar-refractivity contribution < 1.29 is 4.74 Å². The van der Waals surface area contributed by atoms with E-state index in [1.807, 2.05) is 18.2 Å². The molecule has 3 spiro atoms. The monoisotopic (exact) mass is 412 g/mol. The molecule has 2 fully saturated rings. The van der Waals surface area contributed by atoms with Gasteiger partial charge in [-0.05, 0) is 73.1 Å². The van der Waals surface area contributed by atoms with Crippen LogP contribution in [0.1, 0.15) is 42.9 Å². The third kappa shape index (κ3) is 2.12. The number of ether oxygens (including phenoxy) is 1. The number of hydrogen-bond donors (Lipinski definition) is 1. The van der Waals surface area contributed by atoms with Crippen molar-refractivity contribution in [2.45, 2.75) is 44.2 Å². The van der Waals surface area contributed by atoms with Crippen molar-refractivity contribution in [1.29, 1.82) is 5.26 Å². The molecule has 2 saturated carbocycles. The standard InChI is InChI=1S/C26H28N4O/c1-3-31-21-9-10-24-13-20-8-7-19(18-6-4-5-17(11-18)15-27)12-22(20)26(24)25(24,14-21)16-30(2)23(28)29-26/h4-8,11-12,21H,3,9-10,13-14,16H2,1-2H3,(H2,28,29). The lowest BCUT2D eigenvalue weighted by molar-refractivity contribution is -0.00262. The van der Waals surface area contributed by atoms with Gasteiger partial charge in [-0.3, -0.25) is 0 Å². The van der Waals surface area contributed by atoms with Gasteiger partial charge in [0.05, 0.1) is 17.7 Å². The molecule has 0 radical (unpaired) electrons. The molecular formula is C26H28N4O. The van der Waals surface area contributed by atoms with Crippen molar-refractivity contribution in [3.63, 3.8) is 0 Å². The molecule has 3 aliphatic carbocycles. The molecule has 2 aromatic carbocycles. The van der Waals surface area contributed by atoms with E-state index in [2.05, 4.69) is 49.2 Å². The Hall–Kier alpha value is -2.84. The first-order valence-corrected chi connectivity index (χ1v) is 11.3. The highest BCUT2D eigenvalue weighted by molar-refractivity contribution is 5.83. The maximum atomic E-state index is 9.33. The van der Waals surface area contributed by atoms with Crippen molar-refractivity contribution in [2.24, 2.45) is 21.6 Å². The largest absolute Gasteiger partial charge is 0.378 e. The minimum Gasteiger partial charge on any atom is -0.378 e. The average molecular weight is 413 g/mol. The smallest absolute Gasteiger partial charge is 0.191 e. The number of benzene rings is 2. The number of nitriles is 1. The summed E-state index contributed by atoms with van der Waals surface area (Å²) in [7, 11) is 2.07. The molecule has 0 saturated heterocycles. The molecule has 6 rings (SSSR count). The van der Waals surface area contributed by atoms with E-state index in [1.165, 1.54) is 11.1 Å². The zero-order valence-corrected chi connectivity index (χ0v) is 18.2. The van der Waals surface area contributed by atoms with E-state index in [1.54, 1.807) is 0 Å². The number of hydrogen-bond acceptors (Lipinski definition) is 5. The zero-order valence-electron chi connectivity index (χ0n) is 18.2. The summed E-state index contributed by atoms with van der Waals surface area (Å²) in [5.41, 5.74) is 12.1. The van der Waals surface area contributed by atoms with E-state index >= 15 is 0 Å². The van der Waals surface area contributed by atoms with Gasteiger partial charge in [-0.25, -0.2) is 4.99 Å². The van der Waals surface area contributed by atoms with Crippen LogP contribution >= 0.6 is 0 Å². The predicted octanol–water partition coefficient (Wildman–Crippen LogP) is 3.81. The van der Waals surface area contributed by atoms with E-state index in [-0.39, 0.29) is 16.4 Å².